The molecule has 2 aromatic rings. The highest BCUT2D eigenvalue weighted by Crippen LogP contribution is 2.35. The molecular formula is C17H16ClF2NO4. The van der Waals surface area contributed by atoms with Crippen LogP contribution < -0.4 is 19.5 Å². The Bertz CT molecular complexity index is 738. The van der Waals surface area contributed by atoms with Gasteiger partial charge in [-0.1, -0.05) is 23.7 Å². The summed E-state index contributed by atoms with van der Waals surface area (Å²) < 4.78 is 38.8. The van der Waals surface area contributed by atoms with Crippen molar-refractivity contribution in [3.63, 3.8) is 0 Å². The molecule has 0 atom stereocenters. The molecule has 1 amide bonds. The average molecular weight is 372 g/mol. The zero-order valence-electron chi connectivity index (χ0n) is 13.5. The number of hydrogen-bond donors (Lipinski definition) is 1. The van der Waals surface area contributed by atoms with Crippen LogP contribution in [0.5, 0.6) is 17.2 Å². The highest BCUT2D eigenvalue weighted by Gasteiger charge is 2.13. The number of amides is 1. The largest absolute Gasteiger partial charge is 0.495 e. The first-order valence-electron chi connectivity index (χ1n) is 7.18. The molecule has 1 N–H and O–H groups in total. The Morgan fingerprint density at radius 1 is 1.12 bits per heavy atom. The van der Waals surface area contributed by atoms with Gasteiger partial charge in [-0.2, -0.15) is 8.78 Å². The maximum Gasteiger partial charge on any atom is 0.387 e. The van der Waals surface area contributed by atoms with Crippen molar-refractivity contribution in [1.82, 2.24) is 0 Å². The van der Waals surface area contributed by atoms with Crippen LogP contribution in [0.3, 0.4) is 0 Å². The smallest absolute Gasteiger partial charge is 0.387 e. The summed E-state index contributed by atoms with van der Waals surface area (Å²) >= 11 is 6.05. The summed E-state index contributed by atoms with van der Waals surface area (Å²) in [7, 11) is 2.93. The normalized spacial score (nSPS) is 10.5. The molecule has 2 aromatic carbocycles. The summed E-state index contributed by atoms with van der Waals surface area (Å²) in [5.74, 6) is 0.534. The molecule has 0 heterocycles. The molecule has 0 spiro atoms. The van der Waals surface area contributed by atoms with Gasteiger partial charge in [0.15, 0.2) is 0 Å². The lowest BCUT2D eigenvalue weighted by molar-refractivity contribution is -0.115. The maximum absolute atomic E-state index is 12.2. The molecule has 0 bridgehead atoms. The van der Waals surface area contributed by atoms with Crippen LogP contribution >= 0.6 is 11.6 Å². The van der Waals surface area contributed by atoms with Gasteiger partial charge in [-0.25, -0.2) is 0 Å². The molecule has 0 saturated carbocycles. The number of methoxy groups -OCH3 is 2. The number of hydrogen-bond acceptors (Lipinski definition) is 4. The zero-order valence-corrected chi connectivity index (χ0v) is 14.3. The van der Waals surface area contributed by atoms with Crippen molar-refractivity contribution >= 4 is 23.2 Å². The summed E-state index contributed by atoms with van der Waals surface area (Å²) in [4.78, 5) is 12.2. The van der Waals surface area contributed by atoms with Gasteiger partial charge in [0.2, 0.25) is 5.91 Å². The second-order valence-corrected chi connectivity index (χ2v) is 5.34. The van der Waals surface area contributed by atoms with Crippen molar-refractivity contribution in [3.05, 3.63) is 47.0 Å². The predicted octanol–water partition coefficient (Wildman–Crippen LogP) is 4.14. The van der Waals surface area contributed by atoms with Crippen LogP contribution in [-0.4, -0.2) is 26.7 Å². The fourth-order valence-corrected chi connectivity index (χ4v) is 2.37. The van der Waals surface area contributed by atoms with Gasteiger partial charge in [0.1, 0.15) is 17.2 Å². The van der Waals surface area contributed by atoms with E-state index >= 15 is 0 Å². The van der Waals surface area contributed by atoms with Crippen molar-refractivity contribution in [3.8, 4) is 17.2 Å². The molecular weight excluding hydrogens is 356 g/mol. The summed E-state index contributed by atoms with van der Waals surface area (Å²) in [6.45, 7) is -2.89. The van der Waals surface area contributed by atoms with E-state index in [2.05, 4.69) is 10.1 Å². The standard InChI is InChI=1S/C17H16ClF2NO4/c1-23-14-9-15(24-2)13(8-12(14)18)21-16(22)7-10-3-5-11(6-4-10)25-17(19)20/h3-6,8-9,17H,7H2,1-2H3,(H,21,22). The van der Waals surface area contributed by atoms with Gasteiger partial charge in [0.25, 0.3) is 0 Å². The molecule has 0 aromatic heterocycles. The molecule has 0 aliphatic rings. The Morgan fingerprint density at radius 3 is 2.32 bits per heavy atom. The number of halogens is 3. The average Bonchev–Trinajstić information content (AvgIpc) is 2.56. The molecule has 0 aliphatic carbocycles. The van der Waals surface area contributed by atoms with E-state index in [1.165, 1.54) is 44.6 Å². The predicted molar refractivity (Wildman–Crippen MR) is 90.0 cm³/mol. The van der Waals surface area contributed by atoms with Crippen LogP contribution in [0.4, 0.5) is 14.5 Å². The van der Waals surface area contributed by atoms with Crippen molar-refractivity contribution in [2.45, 2.75) is 13.0 Å². The second kappa shape index (κ2) is 8.53. The molecule has 8 heteroatoms. The number of alkyl halides is 2. The van der Waals surface area contributed by atoms with E-state index in [1.807, 2.05) is 0 Å². The van der Waals surface area contributed by atoms with Crippen LogP contribution in [-0.2, 0) is 11.2 Å². The lowest BCUT2D eigenvalue weighted by Crippen LogP contribution is -2.15. The van der Waals surface area contributed by atoms with E-state index in [-0.39, 0.29) is 18.1 Å². The van der Waals surface area contributed by atoms with Crippen molar-refractivity contribution < 1.29 is 27.8 Å². The SMILES string of the molecule is COc1cc(OC)c(NC(=O)Cc2ccc(OC(F)F)cc2)cc1Cl. The molecule has 0 unspecified atom stereocenters. The first kappa shape index (κ1) is 18.8. The molecule has 134 valence electrons. The maximum atomic E-state index is 12.2. The summed E-state index contributed by atoms with van der Waals surface area (Å²) in [6, 6.07) is 8.91. The number of benzene rings is 2. The number of carbonyl (C=O) groups excluding carboxylic acids is 1. The van der Waals surface area contributed by atoms with Gasteiger partial charge in [0.05, 0.1) is 31.4 Å². The topological polar surface area (TPSA) is 56.8 Å². The first-order chi connectivity index (χ1) is 11.9. The van der Waals surface area contributed by atoms with Crippen LogP contribution in [0.2, 0.25) is 5.02 Å². The molecule has 0 radical (unpaired) electrons. The second-order valence-electron chi connectivity index (χ2n) is 4.93. The third-order valence-corrected chi connectivity index (χ3v) is 3.56. The van der Waals surface area contributed by atoms with Gasteiger partial charge in [0, 0.05) is 6.07 Å². The fraction of sp³-hybridized carbons (Fsp3) is 0.235. The number of carbonyl (C=O) groups is 1. The Balaban J connectivity index is 2.06. The van der Waals surface area contributed by atoms with E-state index in [9.17, 15) is 13.6 Å². The Hall–Kier alpha value is -2.54. The highest BCUT2D eigenvalue weighted by molar-refractivity contribution is 6.32. The van der Waals surface area contributed by atoms with E-state index in [1.54, 1.807) is 6.07 Å². The van der Waals surface area contributed by atoms with Gasteiger partial charge in [-0.05, 0) is 23.8 Å². The zero-order chi connectivity index (χ0) is 18.4. The lowest BCUT2D eigenvalue weighted by atomic mass is 10.1. The fourth-order valence-electron chi connectivity index (χ4n) is 2.13. The molecule has 0 aliphatic heterocycles. The number of nitrogens with one attached hydrogen (secondary N) is 1. The summed E-state index contributed by atoms with van der Waals surface area (Å²) in [6.07, 6.45) is 0.0434. The minimum atomic E-state index is -2.89. The van der Waals surface area contributed by atoms with E-state index in [0.717, 1.165) is 0 Å². The van der Waals surface area contributed by atoms with Gasteiger partial charge in [-0.3, -0.25) is 4.79 Å². The number of ether oxygens (including phenoxy) is 3. The number of rotatable bonds is 7. The monoisotopic (exact) mass is 371 g/mol. The van der Waals surface area contributed by atoms with Gasteiger partial charge < -0.3 is 19.5 Å². The van der Waals surface area contributed by atoms with Gasteiger partial charge in [-0.15, -0.1) is 0 Å². The number of anilines is 1. The van der Waals surface area contributed by atoms with E-state index in [0.29, 0.717) is 27.8 Å². The van der Waals surface area contributed by atoms with Crippen LogP contribution in [0, 0.1) is 0 Å². The third-order valence-electron chi connectivity index (χ3n) is 3.26. The Morgan fingerprint density at radius 2 is 1.76 bits per heavy atom. The van der Waals surface area contributed by atoms with Crippen LogP contribution in [0.15, 0.2) is 36.4 Å². The van der Waals surface area contributed by atoms with Gasteiger partial charge >= 0.3 is 6.61 Å². The third kappa shape index (κ3) is 5.22. The lowest BCUT2D eigenvalue weighted by Gasteiger charge is -2.13. The molecule has 2 rings (SSSR count). The first-order valence-corrected chi connectivity index (χ1v) is 7.56. The van der Waals surface area contributed by atoms with Crippen molar-refractivity contribution in [2.75, 3.05) is 19.5 Å². The summed E-state index contributed by atoms with van der Waals surface area (Å²) in [5, 5.41) is 3.02. The van der Waals surface area contributed by atoms with E-state index in [4.69, 9.17) is 21.1 Å². The quantitative estimate of drug-likeness (QED) is 0.794. The Kier molecular flexibility index (Phi) is 6.41. The minimum Gasteiger partial charge on any atom is -0.495 e. The van der Waals surface area contributed by atoms with Crippen LogP contribution in [0.25, 0.3) is 0 Å². The molecule has 5 nitrogen and oxygen atoms in total. The molecule has 0 saturated heterocycles. The van der Waals surface area contributed by atoms with Crippen LogP contribution in [0.1, 0.15) is 5.56 Å². The molecule has 0 fully saturated rings. The van der Waals surface area contributed by atoms with Crippen molar-refractivity contribution in [1.29, 1.82) is 0 Å². The summed E-state index contributed by atoms with van der Waals surface area (Å²) in [5.41, 5.74) is 1.04. The minimum absolute atomic E-state index is 0.0303. The molecule has 25 heavy (non-hydrogen) atoms. The Labute approximate surface area is 148 Å². The van der Waals surface area contributed by atoms with Crippen molar-refractivity contribution in [2.24, 2.45) is 0 Å². The van der Waals surface area contributed by atoms with E-state index < -0.39 is 6.61 Å². The highest BCUT2D eigenvalue weighted by atomic mass is 35.5.